The number of nitrogens with zero attached hydrogens (tertiary/aromatic N) is 3. The van der Waals surface area contributed by atoms with Crippen molar-refractivity contribution < 1.29 is 4.79 Å². The minimum Gasteiger partial charge on any atom is -0.346 e. The third-order valence-electron chi connectivity index (χ3n) is 3.30. The first kappa shape index (κ1) is 14.7. The minimum absolute atomic E-state index is 0.160. The fourth-order valence-electron chi connectivity index (χ4n) is 1.98. The highest BCUT2D eigenvalue weighted by atomic mass is 16.2. The molecular formula is C14H25N3O. The molecule has 4 heteroatoms. The predicted octanol–water partition coefficient (Wildman–Crippen LogP) is 2.18. The van der Waals surface area contributed by atoms with Gasteiger partial charge in [-0.3, -0.25) is 9.48 Å². The van der Waals surface area contributed by atoms with Gasteiger partial charge < -0.3 is 4.90 Å². The van der Waals surface area contributed by atoms with Crippen LogP contribution in [0.3, 0.4) is 0 Å². The molecule has 102 valence electrons. The Labute approximate surface area is 110 Å². The Balaban J connectivity index is 2.90. The lowest BCUT2D eigenvalue weighted by Crippen LogP contribution is -2.28. The van der Waals surface area contributed by atoms with Gasteiger partial charge in [-0.1, -0.05) is 13.8 Å². The van der Waals surface area contributed by atoms with Crippen molar-refractivity contribution in [2.45, 2.75) is 47.6 Å². The quantitative estimate of drug-likeness (QED) is 0.804. The maximum atomic E-state index is 12.0. The Kier molecular flexibility index (Phi) is 4.93. The molecule has 0 unspecified atom stereocenters. The summed E-state index contributed by atoms with van der Waals surface area (Å²) in [5.41, 5.74) is 3.19. The van der Waals surface area contributed by atoms with Gasteiger partial charge in [-0.25, -0.2) is 0 Å². The summed E-state index contributed by atoms with van der Waals surface area (Å²) in [5, 5.41) is 4.53. The summed E-state index contributed by atoms with van der Waals surface area (Å²) in [6.07, 6.45) is 0.458. The first-order chi connectivity index (χ1) is 8.36. The van der Waals surface area contributed by atoms with Gasteiger partial charge in [-0.15, -0.1) is 0 Å². The Morgan fingerprint density at radius 1 is 1.39 bits per heavy atom. The number of hydrogen-bond donors (Lipinski definition) is 0. The molecule has 1 heterocycles. The van der Waals surface area contributed by atoms with Crippen molar-refractivity contribution in [2.75, 3.05) is 13.6 Å². The summed E-state index contributed by atoms with van der Waals surface area (Å²) in [6.45, 7) is 12.0. The van der Waals surface area contributed by atoms with Crippen LogP contribution in [-0.2, 0) is 17.8 Å². The van der Waals surface area contributed by atoms with Crippen molar-refractivity contribution in [1.29, 1.82) is 0 Å². The van der Waals surface area contributed by atoms with Gasteiger partial charge in [0.15, 0.2) is 0 Å². The zero-order chi connectivity index (χ0) is 13.9. The van der Waals surface area contributed by atoms with E-state index in [4.69, 9.17) is 0 Å². The zero-order valence-electron chi connectivity index (χ0n) is 12.4. The SMILES string of the molecule is CCN(C)C(=O)Cc1c(C)nn(CC(C)C)c1C. The summed E-state index contributed by atoms with van der Waals surface area (Å²) in [4.78, 5) is 13.7. The zero-order valence-corrected chi connectivity index (χ0v) is 12.4. The van der Waals surface area contributed by atoms with Crippen molar-refractivity contribution in [1.82, 2.24) is 14.7 Å². The molecule has 0 saturated heterocycles. The van der Waals surface area contributed by atoms with E-state index in [-0.39, 0.29) is 5.91 Å². The molecule has 0 fully saturated rings. The molecule has 0 spiro atoms. The summed E-state index contributed by atoms with van der Waals surface area (Å²) >= 11 is 0. The van der Waals surface area contributed by atoms with Crippen LogP contribution in [0.5, 0.6) is 0 Å². The van der Waals surface area contributed by atoms with Crippen molar-refractivity contribution in [3.63, 3.8) is 0 Å². The van der Waals surface area contributed by atoms with Gasteiger partial charge in [0.2, 0.25) is 5.91 Å². The van der Waals surface area contributed by atoms with E-state index in [1.54, 1.807) is 4.90 Å². The molecule has 0 N–H and O–H groups in total. The molecule has 1 amide bonds. The molecule has 0 atom stereocenters. The number of aromatic nitrogens is 2. The van der Waals surface area contributed by atoms with Crippen molar-refractivity contribution >= 4 is 5.91 Å². The number of aryl methyl sites for hydroxylation is 1. The molecule has 1 aromatic heterocycles. The van der Waals surface area contributed by atoms with Crippen molar-refractivity contribution in [3.8, 4) is 0 Å². The summed E-state index contributed by atoms with van der Waals surface area (Å²) in [6, 6.07) is 0. The first-order valence-corrected chi connectivity index (χ1v) is 6.63. The van der Waals surface area contributed by atoms with Crippen LogP contribution in [0, 0.1) is 19.8 Å². The third-order valence-corrected chi connectivity index (χ3v) is 3.30. The highest BCUT2D eigenvalue weighted by molar-refractivity contribution is 5.79. The predicted molar refractivity (Wildman–Crippen MR) is 73.6 cm³/mol. The van der Waals surface area contributed by atoms with Gasteiger partial charge in [-0.2, -0.15) is 5.10 Å². The summed E-state index contributed by atoms with van der Waals surface area (Å²) in [5.74, 6) is 0.720. The fourth-order valence-corrected chi connectivity index (χ4v) is 1.98. The fraction of sp³-hybridized carbons (Fsp3) is 0.714. The lowest BCUT2D eigenvalue weighted by Gasteiger charge is -2.14. The second-order valence-electron chi connectivity index (χ2n) is 5.31. The third kappa shape index (κ3) is 3.34. The van der Waals surface area contributed by atoms with Crippen LogP contribution in [0.15, 0.2) is 0 Å². The topological polar surface area (TPSA) is 38.1 Å². The van der Waals surface area contributed by atoms with Crippen LogP contribution in [0.25, 0.3) is 0 Å². The van der Waals surface area contributed by atoms with E-state index >= 15 is 0 Å². The molecule has 0 saturated carbocycles. The molecule has 18 heavy (non-hydrogen) atoms. The number of likely N-dealkylation sites (N-methyl/N-ethyl adjacent to an activating group) is 1. The van der Waals surface area contributed by atoms with Gasteiger partial charge in [0.1, 0.15) is 0 Å². The standard InChI is InChI=1S/C14H25N3O/c1-7-16(6)14(18)8-13-11(4)15-17(12(13)5)9-10(2)3/h10H,7-9H2,1-6H3. The van der Waals surface area contributed by atoms with E-state index in [1.807, 2.05) is 25.6 Å². The van der Waals surface area contributed by atoms with Crippen molar-refractivity contribution in [2.24, 2.45) is 5.92 Å². The van der Waals surface area contributed by atoms with Gasteiger partial charge in [0.05, 0.1) is 12.1 Å². The number of carbonyl (C=O) groups is 1. The first-order valence-electron chi connectivity index (χ1n) is 6.63. The highest BCUT2D eigenvalue weighted by Gasteiger charge is 2.16. The molecular weight excluding hydrogens is 226 g/mol. The smallest absolute Gasteiger partial charge is 0.226 e. The van der Waals surface area contributed by atoms with Crippen LogP contribution >= 0.6 is 0 Å². The highest BCUT2D eigenvalue weighted by Crippen LogP contribution is 2.16. The van der Waals surface area contributed by atoms with Gasteiger partial charge >= 0.3 is 0 Å². The second kappa shape index (κ2) is 6.03. The van der Waals surface area contributed by atoms with Crippen molar-refractivity contribution in [3.05, 3.63) is 17.0 Å². The lowest BCUT2D eigenvalue weighted by molar-refractivity contribution is -0.128. The van der Waals surface area contributed by atoms with Crippen LogP contribution in [0.2, 0.25) is 0 Å². The van der Waals surface area contributed by atoms with Crippen LogP contribution in [0.4, 0.5) is 0 Å². The average Bonchev–Trinajstić information content (AvgIpc) is 2.55. The Morgan fingerprint density at radius 3 is 2.50 bits per heavy atom. The summed E-state index contributed by atoms with van der Waals surface area (Å²) in [7, 11) is 1.84. The molecule has 1 aromatic rings. The van der Waals surface area contributed by atoms with E-state index in [0.29, 0.717) is 12.3 Å². The van der Waals surface area contributed by atoms with E-state index in [0.717, 1.165) is 30.0 Å². The number of carbonyl (C=O) groups excluding carboxylic acids is 1. The van der Waals surface area contributed by atoms with E-state index in [9.17, 15) is 4.79 Å². The van der Waals surface area contributed by atoms with E-state index in [2.05, 4.69) is 25.9 Å². The van der Waals surface area contributed by atoms with Crippen LogP contribution < -0.4 is 0 Å². The molecule has 0 bridgehead atoms. The number of rotatable bonds is 5. The molecule has 0 aromatic carbocycles. The van der Waals surface area contributed by atoms with Gasteiger partial charge in [-0.05, 0) is 26.7 Å². The van der Waals surface area contributed by atoms with Crippen LogP contribution in [-0.4, -0.2) is 34.2 Å². The minimum atomic E-state index is 0.160. The van der Waals surface area contributed by atoms with Crippen LogP contribution in [0.1, 0.15) is 37.7 Å². The number of amides is 1. The Bertz CT molecular complexity index is 421. The van der Waals surface area contributed by atoms with E-state index in [1.165, 1.54) is 0 Å². The molecule has 0 radical (unpaired) electrons. The van der Waals surface area contributed by atoms with Gasteiger partial charge in [0, 0.05) is 31.4 Å². The molecule has 0 aliphatic carbocycles. The molecule has 1 rings (SSSR count). The summed E-state index contributed by atoms with van der Waals surface area (Å²) < 4.78 is 2.02. The lowest BCUT2D eigenvalue weighted by atomic mass is 10.1. The molecule has 4 nitrogen and oxygen atoms in total. The molecule has 0 aliphatic heterocycles. The molecule has 0 aliphatic rings. The Hall–Kier alpha value is -1.32. The van der Waals surface area contributed by atoms with E-state index < -0.39 is 0 Å². The number of hydrogen-bond acceptors (Lipinski definition) is 2. The average molecular weight is 251 g/mol. The maximum absolute atomic E-state index is 12.0. The monoisotopic (exact) mass is 251 g/mol. The second-order valence-corrected chi connectivity index (χ2v) is 5.31. The Morgan fingerprint density at radius 2 is 2.00 bits per heavy atom. The maximum Gasteiger partial charge on any atom is 0.226 e. The largest absolute Gasteiger partial charge is 0.346 e. The van der Waals surface area contributed by atoms with Gasteiger partial charge in [0.25, 0.3) is 0 Å². The normalized spacial score (nSPS) is 11.1.